The van der Waals surface area contributed by atoms with E-state index in [9.17, 15) is 9.59 Å². The van der Waals surface area contributed by atoms with E-state index in [2.05, 4.69) is 15.5 Å². The summed E-state index contributed by atoms with van der Waals surface area (Å²) in [6, 6.07) is 9.15. The number of ether oxygens (including phenoxy) is 1. The molecule has 0 spiro atoms. The Balaban J connectivity index is 0.00000208. The van der Waals surface area contributed by atoms with Crippen molar-refractivity contribution in [3.05, 3.63) is 35.9 Å². The van der Waals surface area contributed by atoms with Crippen LogP contribution in [-0.2, 0) is 19.7 Å². The summed E-state index contributed by atoms with van der Waals surface area (Å²) in [7, 11) is 0. The van der Waals surface area contributed by atoms with Crippen molar-refractivity contribution in [1.29, 1.82) is 0 Å². The Kier molecular flexibility index (Phi) is 6.28. The molecule has 0 aromatic heterocycles. The van der Waals surface area contributed by atoms with Gasteiger partial charge in [0.25, 0.3) is 0 Å². The molecule has 3 rings (SSSR count). The maximum atomic E-state index is 12.7. The third-order valence-electron chi connectivity index (χ3n) is 4.40. The van der Waals surface area contributed by atoms with Gasteiger partial charge in [-0.3, -0.25) is 14.5 Å². The predicted octanol–water partition coefficient (Wildman–Crippen LogP) is 0.599. The van der Waals surface area contributed by atoms with Gasteiger partial charge >= 0.3 is 0 Å². The lowest BCUT2D eigenvalue weighted by Gasteiger charge is -2.37. The molecular formula is C16H20ClN3O3S. The van der Waals surface area contributed by atoms with Gasteiger partial charge in [0.2, 0.25) is 11.8 Å². The molecule has 0 unspecified atom stereocenters. The van der Waals surface area contributed by atoms with Gasteiger partial charge in [-0.1, -0.05) is 30.3 Å². The number of hydrogen-bond donors (Lipinski definition) is 2. The lowest BCUT2D eigenvalue weighted by Crippen LogP contribution is -2.65. The summed E-state index contributed by atoms with van der Waals surface area (Å²) in [6.07, 6.45) is 0.400. The fourth-order valence-electron chi connectivity index (χ4n) is 3.06. The predicted molar refractivity (Wildman–Crippen MR) is 96.1 cm³/mol. The molecule has 2 N–H and O–H groups in total. The summed E-state index contributed by atoms with van der Waals surface area (Å²) in [4.78, 5) is 27.6. The number of halogens is 1. The Labute approximate surface area is 152 Å². The van der Waals surface area contributed by atoms with Crippen LogP contribution in [0.5, 0.6) is 0 Å². The highest BCUT2D eigenvalue weighted by Gasteiger charge is 2.50. The van der Waals surface area contributed by atoms with Gasteiger partial charge in [-0.2, -0.15) is 0 Å². The molecule has 1 aromatic rings. The maximum absolute atomic E-state index is 12.7. The van der Waals surface area contributed by atoms with Crippen LogP contribution in [-0.4, -0.2) is 54.7 Å². The minimum absolute atomic E-state index is 0. The van der Waals surface area contributed by atoms with Crippen molar-refractivity contribution in [1.82, 2.24) is 15.5 Å². The highest BCUT2D eigenvalue weighted by molar-refractivity contribution is 7.80. The molecule has 0 aliphatic carbocycles. The molecule has 0 atom stereocenters. The molecule has 24 heavy (non-hydrogen) atoms. The van der Waals surface area contributed by atoms with Crippen LogP contribution in [0, 0.1) is 0 Å². The second-order valence-corrected chi connectivity index (χ2v) is 6.12. The number of carbonyl (C=O) groups excluding carboxylic acids is 2. The number of rotatable bonds is 4. The maximum Gasteiger partial charge on any atom is 0.246 e. The minimum atomic E-state index is -1.25. The van der Waals surface area contributed by atoms with Crippen LogP contribution in [0.2, 0.25) is 0 Å². The van der Waals surface area contributed by atoms with Crippen molar-refractivity contribution in [2.24, 2.45) is 0 Å². The Morgan fingerprint density at radius 1 is 1.08 bits per heavy atom. The number of benzene rings is 1. The van der Waals surface area contributed by atoms with Gasteiger partial charge in [-0.05, 0) is 24.2 Å². The number of nitrogens with zero attached hydrogens (tertiary/aromatic N) is 1. The van der Waals surface area contributed by atoms with Gasteiger partial charge in [-0.15, -0.1) is 12.4 Å². The van der Waals surface area contributed by atoms with Crippen molar-refractivity contribution in [2.75, 3.05) is 32.8 Å². The van der Waals surface area contributed by atoms with Gasteiger partial charge in [0.15, 0.2) is 10.5 Å². The zero-order chi connectivity index (χ0) is 16.3. The highest BCUT2D eigenvalue weighted by Crippen LogP contribution is 2.31. The van der Waals surface area contributed by atoms with E-state index in [0.29, 0.717) is 31.7 Å². The number of amides is 2. The standard InChI is InChI=1S/C16H19N3O3S.ClH/c20-13-16(12-4-2-1-3-5-12,14(21)18-15(23)17-13)6-7-19-8-10-22-11-9-19;/h1-5H,6-11H2,(H2,17,18,20,21,23);1H. The number of carbonyl (C=O) groups is 2. The fourth-order valence-corrected chi connectivity index (χ4v) is 3.25. The van der Waals surface area contributed by atoms with Crippen LogP contribution in [0.3, 0.4) is 0 Å². The number of thiocarbonyl (C=S) groups is 1. The van der Waals surface area contributed by atoms with E-state index in [1.165, 1.54) is 0 Å². The molecule has 0 bridgehead atoms. The zero-order valence-corrected chi connectivity index (χ0v) is 14.8. The molecule has 1 aromatic carbocycles. The van der Waals surface area contributed by atoms with Crippen LogP contribution in [0.4, 0.5) is 0 Å². The fraction of sp³-hybridized carbons (Fsp3) is 0.438. The summed E-state index contributed by atoms with van der Waals surface area (Å²) in [5, 5.41) is 5.28. The molecule has 2 heterocycles. The van der Waals surface area contributed by atoms with E-state index in [4.69, 9.17) is 17.0 Å². The average molecular weight is 370 g/mol. The van der Waals surface area contributed by atoms with Gasteiger partial charge in [0.05, 0.1) is 13.2 Å². The molecule has 0 saturated carbocycles. The first-order valence-corrected chi connectivity index (χ1v) is 8.06. The Hall–Kier alpha value is -1.54. The van der Waals surface area contributed by atoms with Crippen molar-refractivity contribution < 1.29 is 14.3 Å². The molecule has 130 valence electrons. The molecule has 2 aliphatic rings. The van der Waals surface area contributed by atoms with Crippen LogP contribution in [0.15, 0.2) is 30.3 Å². The summed E-state index contributed by atoms with van der Waals surface area (Å²) < 4.78 is 5.34. The van der Waals surface area contributed by atoms with E-state index in [1.54, 1.807) is 0 Å². The Bertz CT molecular complexity index is 600. The largest absolute Gasteiger partial charge is 0.379 e. The topological polar surface area (TPSA) is 70.7 Å². The summed E-state index contributed by atoms with van der Waals surface area (Å²) in [5.41, 5.74) is -0.562. The van der Waals surface area contributed by atoms with Crippen molar-refractivity contribution >= 4 is 41.6 Å². The quantitative estimate of drug-likeness (QED) is 0.601. The van der Waals surface area contributed by atoms with Gasteiger partial charge in [-0.25, -0.2) is 0 Å². The van der Waals surface area contributed by atoms with Crippen molar-refractivity contribution in [2.45, 2.75) is 11.8 Å². The van der Waals surface area contributed by atoms with Crippen LogP contribution in [0.1, 0.15) is 12.0 Å². The molecular weight excluding hydrogens is 350 g/mol. The second-order valence-electron chi connectivity index (χ2n) is 5.71. The molecule has 2 saturated heterocycles. The second kappa shape index (κ2) is 8.02. The van der Waals surface area contributed by atoms with E-state index >= 15 is 0 Å². The van der Waals surface area contributed by atoms with E-state index in [-0.39, 0.29) is 29.3 Å². The summed E-state index contributed by atoms with van der Waals surface area (Å²) >= 11 is 4.93. The first kappa shape index (κ1) is 18.8. The third-order valence-corrected chi connectivity index (χ3v) is 4.61. The lowest BCUT2D eigenvalue weighted by atomic mass is 9.74. The molecule has 2 fully saturated rings. The Morgan fingerprint density at radius 2 is 1.67 bits per heavy atom. The van der Waals surface area contributed by atoms with E-state index < -0.39 is 5.41 Å². The third kappa shape index (κ3) is 3.59. The first-order valence-electron chi connectivity index (χ1n) is 7.65. The average Bonchev–Trinajstić information content (AvgIpc) is 2.56. The van der Waals surface area contributed by atoms with Crippen molar-refractivity contribution in [3.63, 3.8) is 0 Å². The van der Waals surface area contributed by atoms with Crippen LogP contribution < -0.4 is 10.6 Å². The van der Waals surface area contributed by atoms with E-state index in [0.717, 1.165) is 13.1 Å². The SMILES string of the molecule is Cl.O=C1NC(=S)NC(=O)C1(CCN1CCOCC1)c1ccccc1. The summed E-state index contributed by atoms with van der Waals surface area (Å²) in [6.45, 7) is 3.63. The minimum Gasteiger partial charge on any atom is -0.379 e. The van der Waals surface area contributed by atoms with Crippen molar-refractivity contribution in [3.8, 4) is 0 Å². The molecule has 2 aliphatic heterocycles. The molecule has 8 heteroatoms. The highest BCUT2D eigenvalue weighted by atomic mass is 35.5. The Morgan fingerprint density at radius 3 is 2.25 bits per heavy atom. The lowest BCUT2D eigenvalue weighted by molar-refractivity contribution is -0.138. The van der Waals surface area contributed by atoms with Gasteiger partial charge in [0.1, 0.15) is 0 Å². The monoisotopic (exact) mass is 369 g/mol. The van der Waals surface area contributed by atoms with E-state index in [1.807, 2.05) is 30.3 Å². The number of hydrogen-bond acceptors (Lipinski definition) is 5. The molecule has 0 radical (unpaired) electrons. The number of morpholine rings is 1. The van der Waals surface area contributed by atoms with Crippen LogP contribution in [0.25, 0.3) is 0 Å². The molecule has 6 nitrogen and oxygen atoms in total. The summed E-state index contributed by atoms with van der Waals surface area (Å²) in [5.74, 6) is -0.712. The molecule has 2 amide bonds. The normalized spacial score (nSPS) is 20.8. The smallest absolute Gasteiger partial charge is 0.246 e. The zero-order valence-electron chi connectivity index (χ0n) is 13.1. The van der Waals surface area contributed by atoms with Gasteiger partial charge in [0, 0.05) is 19.6 Å². The first-order chi connectivity index (χ1) is 11.1. The van der Waals surface area contributed by atoms with Crippen LogP contribution >= 0.6 is 24.6 Å². The number of nitrogens with one attached hydrogen (secondary N) is 2. The van der Waals surface area contributed by atoms with Gasteiger partial charge < -0.3 is 15.4 Å².